The fourth-order valence-electron chi connectivity index (χ4n) is 2.09. The molecule has 1 aliphatic heterocycles. The third kappa shape index (κ3) is 4.48. The van der Waals surface area contributed by atoms with Crippen LogP contribution in [-0.4, -0.2) is 42.1 Å². The van der Waals surface area contributed by atoms with Gasteiger partial charge in [0.05, 0.1) is 5.54 Å². The summed E-state index contributed by atoms with van der Waals surface area (Å²) in [4.78, 5) is 12.0. The van der Waals surface area contributed by atoms with Gasteiger partial charge in [0.25, 0.3) is 0 Å². The van der Waals surface area contributed by atoms with Gasteiger partial charge in [-0.05, 0) is 12.8 Å². The Morgan fingerprint density at radius 1 is 1.53 bits per heavy atom. The fraction of sp³-hybridized carbons (Fsp3) is 0.917. The third-order valence-electron chi connectivity index (χ3n) is 3.58. The van der Waals surface area contributed by atoms with Gasteiger partial charge >= 0.3 is 0 Å². The van der Waals surface area contributed by atoms with Gasteiger partial charge in [-0.25, -0.2) is 0 Å². The second-order valence-electron chi connectivity index (χ2n) is 4.67. The predicted octanol–water partition coefficient (Wildman–Crippen LogP) is 0.715. The monoisotopic (exact) mass is 259 g/mol. The van der Waals surface area contributed by atoms with E-state index in [0.29, 0.717) is 19.0 Å². The Bertz CT molecular complexity index is 230. The number of amides is 1. The quantitative estimate of drug-likeness (QED) is 0.657. The summed E-state index contributed by atoms with van der Waals surface area (Å²) in [6.07, 6.45) is 2.34. The molecule has 100 valence electrons. The van der Waals surface area contributed by atoms with Gasteiger partial charge in [0.1, 0.15) is 0 Å². The van der Waals surface area contributed by atoms with Crippen molar-refractivity contribution < 1.29 is 4.79 Å². The molecular formula is C12H25N3OS. The standard InChI is InChI=1S/C12H25N3OS/c1-3-12(4-2,9-13)15-11(16)7-10-8-17-6-5-14-10/h10,14H,3-9,13H2,1-2H3,(H,15,16). The van der Waals surface area contributed by atoms with Gasteiger partial charge in [-0.2, -0.15) is 11.8 Å². The van der Waals surface area contributed by atoms with Gasteiger partial charge in [0.2, 0.25) is 5.91 Å². The maximum absolute atomic E-state index is 12.0. The number of hydrogen-bond acceptors (Lipinski definition) is 4. The highest BCUT2D eigenvalue weighted by Crippen LogP contribution is 2.15. The van der Waals surface area contributed by atoms with E-state index in [2.05, 4.69) is 24.5 Å². The van der Waals surface area contributed by atoms with Crippen LogP contribution in [0, 0.1) is 0 Å². The number of nitrogens with one attached hydrogen (secondary N) is 2. The van der Waals surface area contributed by atoms with Gasteiger partial charge in [0.15, 0.2) is 0 Å². The lowest BCUT2D eigenvalue weighted by Crippen LogP contribution is -2.54. The first-order chi connectivity index (χ1) is 8.15. The number of carbonyl (C=O) groups is 1. The van der Waals surface area contributed by atoms with Crippen LogP contribution in [0.2, 0.25) is 0 Å². The van der Waals surface area contributed by atoms with Crippen LogP contribution in [0.25, 0.3) is 0 Å². The van der Waals surface area contributed by atoms with Gasteiger partial charge < -0.3 is 16.4 Å². The Kier molecular flexibility index (Phi) is 6.30. The summed E-state index contributed by atoms with van der Waals surface area (Å²) >= 11 is 1.91. The minimum absolute atomic E-state index is 0.124. The molecule has 0 aromatic carbocycles. The van der Waals surface area contributed by atoms with Crippen LogP contribution in [-0.2, 0) is 4.79 Å². The molecule has 0 saturated carbocycles. The minimum atomic E-state index is -0.209. The largest absolute Gasteiger partial charge is 0.349 e. The van der Waals surface area contributed by atoms with Crippen molar-refractivity contribution in [3.05, 3.63) is 0 Å². The molecular weight excluding hydrogens is 234 g/mol. The van der Waals surface area contributed by atoms with Crippen LogP contribution in [0.5, 0.6) is 0 Å². The van der Waals surface area contributed by atoms with Crippen molar-refractivity contribution in [2.75, 3.05) is 24.6 Å². The predicted molar refractivity (Wildman–Crippen MR) is 74.2 cm³/mol. The first kappa shape index (κ1) is 14.8. The summed E-state index contributed by atoms with van der Waals surface area (Å²) in [6, 6.07) is 0.318. The highest BCUT2D eigenvalue weighted by molar-refractivity contribution is 7.99. The number of hydrogen-bond donors (Lipinski definition) is 3. The molecule has 1 rings (SSSR count). The smallest absolute Gasteiger partial charge is 0.222 e. The molecule has 1 saturated heterocycles. The molecule has 1 aliphatic rings. The average molecular weight is 259 g/mol. The van der Waals surface area contributed by atoms with E-state index in [4.69, 9.17) is 5.73 Å². The van der Waals surface area contributed by atoms with Crippen molar-refractivity contribution in [3.8, 4) is 0 Å². The van der Waals surface area contributed by atoms with E-state index in [9.17, 15) is 4.79 Å². The van der Waals surface area contributed by atoms with Gasteiger partial charge in [-0.1, -0.05) is 13.8 Å². The van der Waals surface area contributed by atoms with E-state index in [1.54, 1.807) is 0 Å². The normalized spacial score (nSPS) is 21.2. The first-order valence-electron chi connectivity index (χ1n) is 6.48. The summed E-state index contributed by atoms with van der Waals surface area (Å²) in [5, 5.41) is 6.49. The molecule has 1 unspecified atom stereocenters. The Balaban J connectivity index is 2.41. The second-order valence-corrected chi connectivity index (χ2v) is 5.82. The summed E-state index contributed by atoms with van der Waals surface area (Å²) in [6.45, 7) is 5.67. The average Bonchev–Trinajstić information content (AvgIpc) is 2.37. The van der Waals surface area contributed by atoms with E-state index in [1.165, 1.54) is 0 Å². The maximum Gasteiger partial charge on any atom is 0.222 e. The number of nitrogens with two attached hydrogens (primary N) is 1. The Hall–Kier alpha value is -0.260. The van der Waals surface area contributed by atoms with Crippen LogP contribution in [0.1, 0.15) is 33.1 Å². The summed E-state index contributed by atoms with van der Waals surface area (Å²) in [7, 11) is 0. The zero-order valence-corrected chi connectivity index (χ0v) is 11.7. The number of rotatable bonds is 6. The fourth-order valence-corrected chi connectivity index (χ4v) is 3.04. The summed E-state index contributed by atoms with van der Waals surface area (Å²) in [5.41, 5.74) is 5.57. The molecule has 5 heteroatoms. The maximum atomic E-state index is 12.0. The molecule has 0 aromatic rings. The van der Waals surface area contributed by atoms with Crippen LogP contribution in [0.15, 0.2) is 0 Å². The van der Waals surface area contributed by atoms with Crippen molar-refractivity contribution in [1.29, 1.82) is 0 Å². The lowest BCUT2D eigenvalue weighted by Gasteiger charge is -2.32. The molecule has 4 nitrogen and oxygen atoms in total. The summed E-state index contributed by atoms with van der Waals surface area (Å²) < 4.78 is 0. The minimum Gasteiger partial charge on any atom is -0.349 e. The molecule has 0 aliphatic carbocycles. The second kappa shape index (κ2) is 7.24. The third-order valence-corrected chi connectivity index (χ3v) is 4.71. The van der Waals surface area contributed by atoms with Crippen molar-refractivity contribution in [2.45, 2.75) is 44.7 Å². The lowest BCUT2D eigenvalue weighted by molar-refractivity contribution is -0.123. The highest BCUT2D eigenvalue weighted by atomic mass is 32.2. The van der Waals surface area contributed by atoms with Crippen LogP contribution in [0.4, 0.5) is 0 Å². The number of thioether (sulfide) groups is 1. The molecule has 0 radical (unpaired) electrons. The number of carbonyl (C=O) groups excluding carboxylic acids is 1. The van der Waals surface area contributed by atoms with Crippen LogP contribution in [0.3, 0.4) is 0 Å². The van der Waals surface area contributed by atoms with Crippen molar-refractivity contribution in [1.82, 2.24) is 10.6 Å². The van der Waals surface area contributed by atoms with Crippen LogP contribution >= 0.6 is 11.8 Å². The molecule has 1 atom stereocenters. The zero-order valence-electron chi connectivity index (χ0n) is 10.9. The Morgan fingerprint density at radius 3 is 2.71 bits per heavy atom. The Labute approximate surface area is 108 Å². The van der Waals surface area contributed by atoms with Crippen LogP contribution < -0.4 is 16.4 Å². The van der Waals surface area contributed by atoms with E-state index in [0.717, 1.165) is 30.9 Å². The molecule has 0 aromatic heterocycles. The van der Waals surface area contributed by atoms with Gasteiger partial charge in [-0.3, -0.25) is 4.79 Å². The first-order valence-corrected chi connectivity index (χ1v) is 7.63. The van der Waals surface area contributed by atoms with E-state index in [1.807, 2.05) is 11.8 Å². The molecule has 17 heavy (non-hydrogen) atoms. The highest BCUT2D eigenvalue weighted by Gasteiger charge is 2.27. The van der Waals surface area contributed by atoms with Gasteiger partial charge in [0, 0.05) is 37.1 Å². The molecule has 0 spiro atoms. The van der Waals surface area contributed by atoms with E-state index < -0.39 is 0 Å². The van der Waals surface area contributed by atoms with Crippen molar-refractivity contribution in [2.24, 2.45) is 5.73 Å². The zero-order chi connectivity index (χ0) is 12.7. The summed E-state index contributed by atoms with van der Waals surface area (Å²) in [5.74, 6) is 2.30. The molecule has 0 bridgehead atoms. The Morgan fingerprint density at radius 2 is 2.24 bits per heavy atom. The molecule has 4 N–H and O–H groups in total. The topological polar surface area (TPSA) is 67.1 Å². The van der Waals surface area contributed by atoms with Gasteiger partial charge in [-0.15, -0.1) is 0 Å². The lowest BCUT2D eigenvalue weighted by atomic mass is 9.92. The SMILES string of the molecule is CCC(CC)(CN)NC(=O)CC1CSCCN1. The van der Waals surface area contributed by atoms with Crippen molar-refractivity contribution in [3.63, 3.8) is 0 Å². The van der Waals surface area contributed by atoms with E-state index >= 15 is 0 Å². The molecule has 1 amide bonds. The molecule has 1 heterocycles. The molecule has 1 fully saturated rings. The van der Waals surface area contributed by atoms with E-state index in [-0.39, 0.29) is 11.4 Å². The van der Waals surface area contributed by atoms with Crippen molar-refractivity contribution >= 4 is 17.7 Å².